The number of carboxylic acid groups (broad SMARTS) is 1. The Morgan fingerprint density at radius 2 is 2.27 bits per heavy atom. The molecule has 7 heteroatoms. The van der Waals surface area contributed by atoms with E-state index in [4.69, 9.17) is 4.74 Å². The third-order valence-electron chi connectivity index (χ3n) is 4.10. The third kappa shape index (κ3) is 2.14. The van der Waals surface area contributed by atoms with Gasteiger partial charge in [0.05, 0.1) is 6.61 Å². The van der Waals surface area contributed by atoms with Gasteiger partial charge in [-0.25, -0.2) is 9.78 Å². The van der Waals surface area contributed by atoms with E-state index in [0.717, 1.165) is 0 Å². The van der Waals surface area contributed by atoms with Crippen LogP contribution in [0.1, 0.15) is 23.3 Å². The fraction of sp³-hybridized carbons (Fsp3) is 0.400. The molecule has 7 nitrogen and oxygen atoms in total. The van der Waals surface area contributed by atoms with Crippen molar-refractivity contribution < 1.29 is 19.4 Å². The number of nitrogens with zero attached hydrogens (tertiary/aromatic N) is 3. The van der Waals surface area contributed by atoms with E-state index < -0.39 is 11.5 Å². The molecule has 2 aromatic rings. The number of carboxylic acids is 1. The number of imidazole rings is 1. The van der Waals surface area contributed by atoms with Gasteiger partial charge in [-0.05, 0) is 25.0 Å². The SMILES string of the molecule is COCC1(C(=O)O)CCCN1C(=O)c1cn2ccccc2n1. The van der Waals surface area contributed by atoms with Crippen molar-refractivity contribution in [3.8, 4) is 0 Å². The van der Waals surface area contributed by atoms with Gasteiger partial charge in [0.2, 0.25) is 0 Å². The highest BCUT2D eigenvalue weighted by Crippen LogP contribution is 2.31. The van der Waals surface area contributed by atoms with E-state index in [1.807, 2.05) is 12.1 Å². The Bertz CT molecular complexity index is 693. The number of fused-ring (bicyclic) bond motifs is 1. The van der Waals surface area contributed by atoms with Gasteiger partial charge in [0, 0.05) is 26.0 Å². The van der Waals surface area contributed by atoms with E-state index in [9.17, 15) is 14.7 Å². The van der Waals surface area contributed by atoms with Gasteiger partial charge in [-0.15, -0.1) is 0 Å². The summed E-state index contributed by atoms with van der Waals surface area (Å²) in [5.74, 6) is -1.41. The van der Waals surface area contributed by atoms with Crippen LogP contribution < -0.4 is 0 Å². The largest absolute Gasteiger partial charge is 0.479 e. The topological polar surface area (TPSA) is 84.1 Å². The summed E-state index contributed by atoms with van der Waals surface area (Å²) in [6.07, 6.45) is 4.43. The summed E-state index contributed by atoms with van der Waals surface area (Å²) >= 11 is 0. The van der Waals surface area contributed by atoms with E-state index in [2.05, 4.69) is 4.98 Å². The van der Waals surface area contributed by atoms with Crippen molar-refractivity contribution in [2.24, 2.45) is 0 Å². The fourth-order valence-electron chi connectivity index (χ4n) is 3.02. The van der Waals surface area contributed by atoms with Crippen molar-refractivity contribution in [1.82, 2.24) is 14.3 Å². The molecule has 0 aromatic carbocycles. The molecule has 1 aliphatic rings. The molecule has 0 aliphatic carbocycles. The molecule has 1 aliphatic heterocycles. The molecule has 1 N–H and O–H groups in total. The summed E-state index contributed by atoms with van der Waals surface area (Å²) < 4.78 is 6.80. The number of amides is 1. The Hall–Kier alpha value is -2.41. The average molecular weight is 303 g/mol. The van der Waals surface area contributed by atoms with Crippen LogP contribution in [0.5, 0.6) is 0 Å². The third-order valence-corrected chi connectivity index (χ3v) is 4.10. The van der Waals surface area contributed by atoms with E-state index in [1.165, 1.54) is 12.0 Å². The molecule has 0 bridgehead atoms. The first-order chi connectivity index (χ1) is 10.6. The number of likely N-dealkylation sites (tertiary alicyclic amines) is 1. The minimum atomic E-state index is -1.30. The molecule has 1 saturated heterocycles. The molecule has 2 aromatic heterocycles. The van der Waals surface area contributed by atoms with Crippen molar-refractivity contribution in [3.05, 3.63) is 36.3 Å². The van der Waals surface area contributed by atoms with Crippen molar-refractivity contribution in [3.63, 3.8) is 0 Å². The van der Waals surface area contributed by atoms with Crippen molar-refractivity contribution in [2.75, 3.05) is 20.3 Å². The van der Waals surface area contributed by atoms with Crippen LogP contribution in [0.25, 0.3) is 5.65 Å². The maximum Gasteiger partial charge on any atom is 0.332 e. The summed E-state index contributed by atoms with van der Waals surface area (Å²) in [7, 11) is 1.44. The van der Waals surface area contributed by atoms with Gasteiger partial charge in [0.1, 0.15) is 11.3 Å². The summed E-state index contributed by atoms with van der Waals surface area (Å²) in [5, 5.41) is 9.60. The molecule has 0 radical (unpaired) electrons. The molecule has 1 amide bonds. The summed E-state index contributed by atoms with van der Waals surface area (Å²) in [6.45, 7) is 0.365. The lowest BCUT2D eigenvalue weighted by Crippen LogP contribution is -2.56. The number of hydrogen-bond donors (Lipinski definition) is 1. The van der Waals surface area contributed by atoms with Gasteiger partial charge >= 0.3 is 5.97 Å². The van der Waals surface area contributed by atoms with E-state index >= 15 is 0 Å². The van der Waals surface area contributed by atoms with Crippen molar-refractivity contribution in [1.29, 1.82) is 0 Å². The van der Waals surface area contributed by atoms with Gasteiger partial charge in [-0.1, -0.05) is 6.07 Å². The first-order valence-corrected chi connectivity index (χ1v) is 7.06. The summed E-state index contributed by atoms with van der Waals surface area (Å²) in [4.78, 5) is 30.1. The highest BCUT2D eigenvalue weighted by atomic mass is 16.5. The highest BCUT2D eigenvalue weighted by molar-refractivity contribution is 5.97. The predicted octanol–water partition coefficient (Wildman–Crippen LogP) is 1.04. The van der Waals surface area contributed by atoms with E-state index in [1.54, 1.807) is 22.9 Å². The van der Waals surface area contributed by atoms with Gasteiger partial charge < -0.3 is 19.1 Å². The Morgan fingerprint density at radius 1 is 1.45 bits per heavy atom. The molecular weight excluding hydrogens is 286 g/mol. The first kappa shape index (κ1) is 14.5. The molecule has 1 unspecified atom stereocenters. The molecule has 22 heavy (non-hydrogen) atoms. The molecular formula is C15H17N3O4. The second-order valence-electron chi connectivity index (χ2n) is 5.42. The molecule has 0 saturated carbocycles. The molecule has 3 rings (SSSR count). The summed E-state index contributed by atoms with van der Waals surface area (Å²) in [5.41, 5.74) is -0.408. The van der Waals surface area contributed by atoms with Crippen LogP contribution in [0, 0.1) is 0 Å². The monoisotopic (exact) mass is 303 g/mol. The normalized spacial score (nSPS) is 21.4. The van der Waals surface area contributed by atoms with Crippen LogP contribution in [-0.2, 0) is 9.53 Å². The number of aliphatic carboxylic acids is 1. The minimum absolute atomic E-state index is 0.0263. The zero-order valence-corrected chi connectivity index (χ0v) is 12.2. The quantitative estimate of drug-likeness (QED) is 0.912. The molecule has 116 valence electrons. The van der Waals surface area contributed by atoms with Gasteiger partial charge in [-0.2, -0.15) is 0 Å². The van der Waals surface area contributed by atoms with Gasteiger partial charge in [-0.3, -0.25) is 4.79 Å². The van der Waals surface area contributed by atoms with Crippen molar-refractivity contribution in [2.45, 2.75) is 18.4 Å². The Labute approximate surface area is 127 Å². The van der Waals surface area contributed by atoms with Gasteiger partial charge in [0.15, 0.2) is 5.54 Å². The number of rotatable bonds is 4. The summed E-state index contributed by atoms with van der Waals surface area (Å²) in [6, 6.07) is 5.46. The molecule has 0 spiro atoms. The van der Waals surface area contributed by atoms with Crippen molar-refractivity contribution >= 4 is 17.5 Å². The number of methoxy groups -OCH3 is 1. The molecule has 3 heterocycles. The lowest BCUT2D eigenvalue weighted by atomic mass is 9.97. The number of aromatic nitrogens is 2. The lowest BCUT2D eigenvalue weighted by Gasteiger charge is -2.33. The van der Waals surface area contributed by atoms with E-state index in [-0.39, 0.29) is 18.2 Å². The Morgan fingerprint density at radius 3 is 2.95 bits per heavy atom. The number of carbonyl (C=O) groups is 2. The number of pyridine rings is 1. The smallest absolute Gasteiger partial charge is 0.332 e. The van der Waals surface area contributed by atoms with Crippen LogP contribution in [0.3, 0.4) is 0 Å². The number of carbonyl (C=O) groups excluding carboxylic acids is 1. The van der Waals surface area contributed by atoms with Crippen LogP contribution in [-0.4, -0.2) is 57.1 Å². The fourth-order valence-corrected chi connectivity index (χ4v) is 3.02. The zero-order valence-electron chi connectivity index (χ0n) is 12.2. The Kier molecular flexibility index (Phi) is 3.58. The highest BCUT2D eigenvalue weighted by Gasteiger charge is 2.50. The average Bonchev–Trinajstić information content (AvgIpc) is 3.11. The number of hydrogen-bond acceptors (Lipinski definition) is 4. The molecule has 1 atom stereocenters. The number of ether oxygens (including phenoxy) is 1. The standard InChI is InChI=1S/C15H17N3O4/c1-22-10-15(14(20)21)6-4-8-18(15)13(19)11-9-17-7-3-2-5-12(17)16-11/h2-3,5,7,9H,4,6,8,10H2,1H3,(H,20,21). The van der Waals surface area contributed by atoms with E-state index in [0.29, 0.717) is 25.0 Å². The van der Waals surface area contributed by atoms with Crippen LogP contribution in [0.2, 0.25) is 0 Å². The second kappa shape index (κ2) is 5.42. The second-order valence-corrected chi connectivity index (χ2v) is 5.42. The van der Waals surface area contributed by atoms with Gasteiger partial charge in [0.25, 0.3) is 5.91 Å². The van der Waals surface area contributed by atoms with Crippen LogP contribution >= 0.6 is 0 Å². The lowest BCUT2D eigenvalue weighted by molar-refractivity contribution is -0.151. The molecule has 1 fully saturated rings. The Balaban J connectivity index is 1.97. The maximum absolute atomic E-state index is 12.7. The van der Waals surface area contributed by atoms with Crippen LogP contribution in [0.4, 0.5) is 0 Å². The first-order valence-electron chi connectivity index (χ1n) is 7.06. The maximum atomic E-state index is 12.7. The van der Waals surface area contributed by atoms with Crippen LogP contribution in [0.15, 0.2) is 30.6 Å². The minimum Gasteiger partial charge on any atom is -0.479 e. The zero-order chi connectivity index (χ0) is 15.7. The predicted molar refractivity (Wildman–Crippen MR) is 77.7 cm³/mol.